The molecule has 3 aliphatic rings. The van der Waals surface area contributed by atoms with E-state index in [0.717, 1.165) is 6.42 Å². The van der Waals surface area contributed by atoms with E-state index in [4.69, 9.17) is 4.74 Å². The number of thioether (sulfide) groups is 1. The summed E-state index contributed by atoms with van der Waals surface area (Å²) in [5.74, 6) is -1.93. The molecule has 178 valence electrons. The molecule has 0 saturated carbocycles. The topological polar surface area (TPSA) is 87.2 Å². The second-order valence-corrected chi connectivity index (χ2v) is 11.6. The largest absolute Gasteiger partial charge is 0.465 e. The van der Waals surface area contributed by atoms with Crippen LogP contribution >= 0.6 is 11.8 Å². The number of amides is 2. The first kappa shape index (κ1) is 24.8. The second-order valence-electron chi connectivity index (χ2n) is 9.99. The molecule has 2 bridgehead atoms. The van der Waals surface area contributed by atoms with Crippen LogP contribution in [0.2, 0.25) is 0 Å². The summed E-state index contributed by atoms with van der Waals surface area (Å²) in [5, 5.41) is 9.88. The molecule has 0 radical (unpaired) electrons. The SMILES string of the molecule is C=CCCOC(=O)[C@@H]1[C@@H]2CCC3(S2)C(C(=O)N(CC=C)C(C)(C)C)N([C@H](C)CO)C(=O)[C@H]13. The van der Waals surface area contributed by atoms with Gasteiger partial charge in [0.25, 0.3) is 0 Å². The predicted octanol–water partition coefficient (Wildman–Crippen LogP) is 2.39. The van der Waals surface area contributed by atoms with E-state index in [1.165, 1.54) is 0 Å². The van der Waals surface area contributed by atoms with Crippen LogP contribution in [0.4, 0.5) is 0 Å². The van der Waals surface area contributed by atoms with Crippen molar-refractivity contribution < 1.29 is 24.2 Å². The van der Waals surface area contributed by atoms with Crippen molar-refractivity contribution in [2.24, 2.45) is 11.8 Å². The average Bonchev–Trinajstić information content (AvgIpc) is 3.37. The van der Waals surface area contributed by atoms with Gasteiger partial charge >= 0.3 is 5.97 Å². The van der Waals surface area contributed by atoms with Crippen molar-refractivity contribution in [1.82, 2.24) is 9.80 Å². The van der Waals surface area contributed by atoms with Gasteiger partial charge in [-0.25, -0.2) is 0 Å². The van der Waals surface area contributed by atoms with Crippen LogP contribution in [0.1, 0.15) is 47.0 Å². The monoisotopic (exact) mass is 464 g/mol. The highest BCUT2D eigenvalue weighted by Crippen LogP contribution is 2.67. The summed E-state index contributed by atoms with van der Waals surface area (Å²) >= 11 is 1.60. The van der Waals surface area contributed by atoms with E-state index in [-0.39, 0.29) is 36.2 Å². The number of carbonyl (C=O) groups is 3. The summed E-state index contributed by atoms with van der Waals surface area (Å²) < 4.78 is 4.79. The molecule has 0 aromatic heterocycles. The van der Waals surface area contributed by atoms with Gasteiger partial charge in [0.05, 0.1) is 35.8 Å². The molecule has 0 aromatic rings. The molecule has 1 N–H and O–H groups in total. The summed E-state index contributed by atoms with van der Waals surface area (Å²) in [6, 6.07) is -1.26. The van der Waals surface area contributed by atoms with Gasteiger partial charge in [-0.2, -0.15) is 0 Å². The fraction of sp³-hybridized carbons (Fsp3) is 0.708. The van der Waals surface area contributed by atoms with Crippen molar-refractivity contribution in [1.29, 1.82) is 0 Å². The third kappa shape index (κ3) is 3.89. The Hall–Kier alpha value is -1.80. The number of likely N-dealkylation sites (tertiary alicyclic amines) is 1. The normalized spacial score (nSPS) is 31.9. The van der Waals surface area contributed by atoms with Crippen LogP contribution in [-0.4, -0.2) is 80.1 Å². The molecular formula is C24H36N2O5S. The number of nitrogens with zero attached hydrogens (tertiary/aromatic N) is 2. The van der Waals surface area contributed by atoms with Gasteiger partial charge in [-0.1, -0.05) is 12.2 Å². The zero-order chi connectivity index (χ0) is 23.8. The van der Waals surface area contributed by atoms with Crippen LogP contribution in [-0.2, 0) is 19.1 Å². The molecule has 3 fully saturated rings. The van der Waals surface area contributed by atoms with Crippen molar-refractivity contribution in [3.8, 4) is 0 Å². The highest BCUT2D eigenvalue weighted by Gasteiger charge is 2.74. The molecule has 2 amide bonds. The van der Waals surface area contributed by atoms with Crippen molar-refractivity contribution in [3.05, 3.63) is 25.3 Å². The molecule has 32 heavy (non-hydrogen) atoms. The first-order chi connectivity index (χ1) is 15.0. The van der Waals surface area contributed by atoms with E-state index in [1.54, 1.807) is 40.6 Å². The molecule has 3 aliphatic heterocycles. The lowest BCUT2D eigenvalue weighted by Crippen LogP contribution is -2.60. The highest BCUT2D eigenvalue weighted by atomic mass is 32.2. The number of esters is 1. The van der Waals surface area contributed by atoms with Gasteiger partial charge in [0, 0.05) is 17.3 Å². The quantitative estimate of drug-likeness (QED) is 0.320. The zero-order valence-corrected chi connectivity index (χ0v) is 20.4. The molecule has 2 unspecified atom stereocenters. The minimum atomic E-state index is -0.734. The third-order valence-electron chi connectivity index (χ3n) is 6.94. The first-order valence-corrected chi connectivity index (χ1v) is 12.2. The Morgan fingerprint density at radius 1 is 1.38 bits per heavy atom. The van der Waals surface area contributed by atoms with Gasteiger partial charge in [-0.15, -0.1) is 24.9 Å². The van der Waals surface area contributed by atoms with Gasteiger partial charge in [0.15, 0.2) is 0 Å². The van der Waals surface area contributed by atoms with Crippen molar-refractivity contribution in [3.63, 3.8) is 0 Å². The maximum absolute atomic E-state index is 14.0. The van der Waals surface area contributed by atoms with E-state index in [0.29, 0.717) is 19.4 Å². The average molecular weight is 465 g/mol. The summed E-state index contributed by atoms with van der Waals surface area (Å²) in [7, 11) is 0. The Kier molecular flexibility index (Phi) is 7.15. The Morgan fingerprint density at radius 2 is 2.06 bits per heavy atom. The Morgan fingerprint density at radius 3 is 2.62 bits per heavy atom. The minimum Gasteiger partial charge on any atom is -0.465 e. The molecule has 6 atom stereocenters. The number of aliphatic hydroxyl groups excluding tert-OH is 1. The lowest BCUT2D eigenvalue weighted by Gasteiger charge is -2.43. The van der Waals surface area contributed by atoms with Crippen LogP contribution < -0.4 is 0 Å². The molecule has 3 heterocycles. The lowest BCUT2D eigenvalue weighted by molar-refractivity contribution is -0.154. The van der Waals surface area contributed by atoms with E-state index in [1.807, 2.05) is 20.8 Å². The summed E-state index contributed by atoms with van der Waals surface area (Å²) in [4.78, 5) is 44.1. The zero-order valence-electron chi connectivity index (χ0n) is 19.6. The summed E-state index contributed by atoms with van der Waals surface area (Å²) in [6.45, 7) is 15.4. The molecule has 3 saturated heterocycles. The highest BCUT2D eigenvalue weighted by molar-refractivity contribution is 8.02. The van der Waals surface area contributed by atoms with E-state index in [2.05, 4.69) is 13.2 Å². The number of hydrogen-bond acceptors (Lipinski definition) is 6. The number of fused-ring (bicyclic) bond motifs is 1. The molecule has 1 spiro atoms. The Balaban J connectivity index is 2.03. The lowest BCUT2D eigenvalue weighted by atomic mass is 9.71. The van der Waals surface area contributed by atoms with Gasteiger partial charge in [0.2, 0.25) is 11.8 Å². The molecule has 0 aromatic carbocycles. The predicted molar refractivity (Wildman–Crippen MR) is 125 cm³/mol. The molecule has 0 aliphatic carbocycles. The smallest absolute Gasteiger partial charge is 0.310 e. The fourth-order valence-corrected chi connectivity index (χ4v) is 7.70. The van der Waals surface area contributed by atoms with Crippen molar-refractivity contribution in [2.45, 2.75) is 74.6 Å². The van der Waals surface area contributed by atoms with E-state index in [9.17, 15) is 19.5 Å². The van der Waals surface area contributed by atoms with Gasteiger partial charge in [0.1, 0.15) is 6.04 Å². The number of hydrogen-bond donors (Lipinski definition) is 1. The Labute approximate surface area is 195 Å². The third-order valence-corrected chi connectivity index (χ3v) is 8.89. The number of carbonyl (C=O) groups excluding carboxylic acids is 3. The summed E-state index contributed by atoms with van der Waals surface area (Å²) in [6.07, 6.45) is 5.37. The van der Waals surface area contributed by atoms with Crippen LogP contribution in [0.3, 0.4) is 0 Å². The molecule has 7 nitrogen and oxygen atoms in total. The van der Waals surface area contributed by atoms with Crippen LogP contribution in [0.15, 0.2) is 25.3 Å². The Bertz CT molecular complexity index is 794. The van der Waals surface area contributed by atoms with Crippen LogP contribution in [0, 0.1) is 11.8 Å². The standard InChI is InChI=1S/C24H36N2O5S/c1-7-9-13-31-22(30)17-16-10-11-24(32-16)18(17)20(28)26(15(3)14-27)19(24)21(29)25(12-8-2)23(4,5)6/h7-8,15-19,27H,1-2,9-14H2,3-6H3/t15-,16+,17-,18+,19?,24?/m1/s1. The van der Waals surface area contributed by atoms with Crippen LogP contribution in [0.25, 0.3) is 0 Å². The molecular weight excluding hydrogens is 428 g/mol. The maximum atomic E-state index is 14.0. The van der Waals surface area contributed by atoms with Gasteiger partial charge in [-0.3, -0.25) is 14.4 Å². The first-order valence-electron chi connectivity index (χ1n) is 11.4. The minimum absolute atomic E-state index is 0.0374. The number of ether oxygens (including phenoxy) is 1. The second kappa shape index (κ2) is 9.21. The fourth-order valence-electron chi connectivity index (χ4n) is 5.51. The number of aliphatic hydroxyl groups is 1. The molecule has 8 heteroatoms. The van der Waals surface area contributed by atoms with Gasteiger partial charge < -0.3 is 19.6 Å². The maximum Gasteiger partial charge on any atom is 0.310 e. The molecule has 3 rings (SSSR count). The van der Waals surface area contributed by atoms with Crippen molar-refractivity contribution >= 4 is 29.5 Å². The summed E-state index contributed by atoms with van der Waals surface area (Å²) in [5.41, 5.74) is -0.471. The van der Waals surface area contributed by atoms with E-state index < -0.39 is 34.2 Å². The number of rotatable bonds is 9. The van der Waals surface area contributed by atoms with Crippen molar-refractivity contribution in [2.75, 3.05) is 19.8 Å². The van der Waals surface area contributed by atoms with Crippen LogP contribution in [0.5, 0.6) is 0 Å². The van der Waals surface area contributed by atoms with E-state index >= 15 is 0 Å². The van der Waals surface area contributed by atoms with Gasteiger partial charge in [-0.05, 0) is 47.0 Å².